The molecule has 2 fully saturated rings. The minimum atomic E-state index is -1.03. The Morgan fingerprint density at radius 3 is 2.95 bits per heavy atom. The number of nitrogens with one attached hydrogen (secondary N) is 1. The molecule has 0 radical (unpaired) electrons. The lowest BCUT2D eigenvalue weighted by atomic mass is 9.82. The zero-order chi connectivity index (χ0) is 14.2. The topological polar surface area (TPSA) is 82.5 Å². The quantitative estimate of drug-likeness (QED) is 0.767. The van der Waals surface area contributed by atoms with Crippen LogP contribution in [0.15, 0.2) is 18.2 Å². The van der Waals surface area contributed by atoms with E-state index in [1.54, 1.807) is 12.1 Å². The van der Waals surface area contributed by atoms with Gasteiger partial charge in [-0.25, -0.2) is 9.78 Å². The maximum absolute atomic E-state index is 10.8. The molecule has 2 bridgehead atoms. The van der Waals surface area contributed by atoms with Crippen LogP contribution in [0.1, 0.15) is 42.6 Å². The molecule has 108 valence electrons. The summed E-state index contributed by atoms with van der Waals surface area (Å²) >= 11 is 0. The minimum Gasteiger partial charge on any atom is -0.477 e. The van der Waals surface area contributed by atoms with E-state index in [4.69, 9.17) is 5.11 Å². The summed E-state index contributed by atoms with van der Waals surface area (Å²) in [6.45, 7) is 0.621. The van der Waals surface area contributed by atoms with Crippen LogP contribution in [0, 0.1) is 11.8 Å². The van der Waals surface area contributed by atoms with E-state index in [1.807, 2.05) is 0 Å². The fourth-order valence-corrected chi connectivity index (χ4v) is 3.78. The van der Waals surface area contributed by atoms with Crippen LogP contribution < -0.4 is 5.32 Å². The van der Waals surface area contributed by atoms with Crippen molar-refractivity contribution in [2.75, 3.05) is 11.9 Å². The van der Waals surface area contributed by atoms with E-state index >= 15 is 0 Å². The summed E-state index contributed by atoms with van der Waals surface area (Å²) in [5.74, 6) is 0.683. The van der Waals surface area contributed by atoms with Gasteiger partial charge in [0.15, 0.2) is 5.69 Å². The average Bonchev–Trinajstić information content (AvgIpc) is 2.99. The highest BCUT2D eigenvalue weighted by Crippen LogP contribution is 2.52. The van der Waals surface area contributed by atoms with Crippen LogP contribution in [0.4, 0.5) is 5.82 Å². The molecule has 0 aromatic carbocycles. The van der Waals surface area contributed by atoms with Gasteiger partial charge in [0, 0.05) is 6.54 Å². The smallest absolute Gasteiger partial charge is 0.354 e. The van der Waals surface area contributed by atoms with E-state index in [9.17, 15) is 9.90 Å². The number of hydrogen-bond donors (Lipinski definition) is 3. The van der Waals surface area contributed by atoms with E-state index in [0.717, 1.165) is 12.8 Å². The van der Waals surface area contributed by atoms with Crippen LogP contribution in [0.25, 0.3) is 0 Å². The molecule has 2 aliphatic carbocycles. The second kappa shape index (κ2) is 5.05. The Morgan fingerprint density at radius 2 is 2.30 bits per heavy atom. The number of aromatic nitrogens is 1. The summed E-state index contributed by atoms with van der Waals surface area (Å²) in [7, 11) is 0. The minimum absolute atomic E-state index is 0.0358. The van der Waals surface area contributed by atoms with Crippen molar-refractivity contribution >= 4 is 11.8 Å². The second-order valence-electron chi connectivity index (χ2n) is 6.07. The van der Waals surface area contributed by atoms with E-state index in [0.29, 0.717) is 30.6 Å². The maximum atomic E-state index is 10.8. The Hall–Kier alpha value is -1.62. The van der Waals surface area contributed by atoms with Crippen LogP contribution in [0.5, 0.6) is 0 Å². The van der Waals surface area contributed by atoms with Gasteiger partial charge < -0.3 is 15.5 Å². The fraction of sp³-hybridized carbons (Fsp3) is 0.600. The number of anilines is 1. The highest BCUT2D eigenvalue weighted by atomic mass is 16.4. The van der Waals surface area contributed by atoms with Crippen molar-refractivity contribution in [2.45, 2.75) is 37.7 Å². The summed E-state index contributed by atoms with van der Waals surface area (Å²) in [6, 6.07) is 4.89. The number of hydrogen-bond acceptors (Lipinski definition) is 4. The molecule has 1 heterocycles. The molecule has 5 heteroatoms. The van der Waals surface area contributed by atoms with Gasteiger partial charge in [-0.1, -0.05) is 6.07 Å². The predicted octanol–water partition coefficient (Wildman–Crippen LogP) is 2.13. The molecule has 5 nitrogen and oxygen atoms in total. The second-order valence-corrected chi connectivity index (χ2v) is 6.07. The number of nitrogens with zero attached hydrogens (tertiary/aromatic N) is 1. The summed E-state index contributed by atoms with van der Waals surface area (Å²) in [5, 5.41) is 22.7. The lowest BCUT2D eigenvalue weighted by Crippen LogP contribution is -2.37. The van der Waals surface area contributed by atoms with Crippen LogP contribution in [-0.4, -0.2) is 33.3 Å². The van der Waals surface area contributed by atoms with E-state index in [1.165, 1.54) is 18.9 Å². The average molecular weight is 276 g/mol. The fourth-order valence-electron chi connectivity index (χ4n) is 3.78. The number of fused-ring (bicyclic) bond motifs is 2. The van der Waals surface area contributed by atoms with Crippen molar-refractivity contribution in [1.82, 2.24) is 4.98 Å². The van der Waals surface area contributed by atoms with E-state index < -0.39 is 11.6 Å². The summed E-state index contributed by atoms with van der Waals surface area (Å²) in [4.78, 5) is 14.9. The Kier molecular flexibility index (Phi) is 3.38. The molecule has 3 unspecified atom stereocenters. The molecular formula is C15H20N2O3. The molecular weight excluding hydrogens is 256 g/mol. The van der Waals surface area contributed by atoms with Gasteiger partial charge in [-0.05, 0) is 56.1 Å². The molecule has 0 aliphatic heterocycles. The number of carboxylic acids is 1. The van der Waals surface area contributed by atoms with E-state index in [-0.39, 0.29) is 5.69 Å². The molecule has 2 aliphatic rings. The normalized spacial score (nSPS) is 31.4. The van der Waals surface area contributed by atoms with Gasteiger partial charge in [0.25, 0.3) is 0 Å². The first-order valence-corrected chi connectivity index (χ1v) is 7.23. The Labute approximate surface area is 118 Å². The highest BCUT2D eigenvalue weighted by Gasteiger charge is 2.49. The maximum Gasteiger partial charge on any atom is 0.354 e. The van der Waals surface area contributed by atoms with Crippen LogP contribution in [-0.2, 0) is 0 Å². The molecule has 3 N–H and O–H groups in total. The molecule has 1 aromatic heterocycles. The molecule has 3 atom stereocenters. The number of rotatable bonds is 5. The number of pyridine rings is 1. The van der Waals surface area contributed by atoms with Crippen molar-refractivity contribution in [3.63, 3.8) is 0 Å². The number of aliphatic hydroxyl groups is 1. The summed E-state index contributed by atoms with van der Waals surface area (Å²) in [5.41, 5.74) is -0.492. The SMILES string of the molecule is O=C(O)c1cccc(NCCC2(O)CC3CCC2C3)n1. The van der Waals surface area contributed by atoms with Gasteiger partial charge in [-0.2, -0.15) is 0 Å². The van der Waals surface area contributed by atoms with Crippen molar-refractivity contribution < 1.29 is 15.0 Å². The van der Waals surface area contributed by atoms with Gasteiger partial charge in [0.1, 0.15) is 5.82 Å². The Bertz CT molecular complexity index is 520. The van der Waals surface area contributed by atoms with Gasteiger partial charge >= 0.3 is 5.97 Å². The van der Waals surface area contributed by atoms with Gasteiger partial charge in [0.05, 0.1) is 5.60 Å². The molecule has 20 heavy (non-hydrogen) atoms. The highest BCUT2D eigenvalue weighted by molar-refractivity contribution is 5.85. The zero-order valence-corrected chi connectivity index (χ0v) is 11.4. The Balaban J connectivity index is 1.55. The number of carbonyl (C=O) groups is 1. The summed E-state index contributed by atoms with van der Waals surface area (Å²) in [6.07, 6.45) is 5.20. The molecule has 1 aromatic rings. The van der Waals surface area contributed by atoms with Crippen molar-refractivity contribution in [1.29, 1.82) is 0 Å². The van der Waals surface area contributed by atoms with Gasteiger partial charge in [-0.15, -0.1) is 0 Å². The third kappa shape index (κ3) is 2.50. The van der Waals surface area contributed by atoms with Crippen molar-refractivity contribution in [3.8, 4) is 0 Å². The molecule has 0 saturated heterocycles. The van der Waals surface area contributed by atoms with Crippen molar-refractivity contribution in [2.24, 2.45) is 11.8 Å². The third-order valence-electron chi connectivity index (χ3n) is 4.78. The first-order chi connectivity index (χ1) is 9.57. The molecule has 3 rings (SSSR count). The first-order valence-electron chi connectivity index (χ1n) is 7.23. The van der Waals surface area contributed by atoms with Crippen LogP contribution in [0.2, 0.25) is 0 Å². The van der Waals surface area contributed by atoms with Crippen LogP contribution >= 0.6 is 0 Å². The summed E-state index contributed by atoms with van der Waals surface area (Å²) < 4.78 is 0. The van der Waals surface area contributed by atoms with Crippen molar-refractivity contribution in [3.05, 3.63) is 23.9 Å². The lowest BCUT2D eigenvalue weighted by molar-refractivity contribution is -0.0174. The van der Waals surface area contributed by atoms with E-state index in [2.05, 4.69) is 10.3 Å². The third-order valence-corrected chi connectivity index (χ3v) is 4.78. The molecule has 0 spiro atoms. The largest absolute Gasteiger partial charge is 0.477 e. The van der Waals surface area contributed by atoms with Crippen LogP contribution in [0.3, 0.4) is 0 Å². The number of aromatic carboxylic acids is 1. The standard InChI is InChI=1S/C15H20N2O3/c18-14(19)12-2-1-3-13(17-12)16-7-6-15(20)9-10-4-5-11(15)8-10/h1-3,10-11,20H,4-9H2,(H,16,17)(H,18,19). The first kappa shape index (κ1) is 13.4. The number of carboxylic acid groups (broad SMARTS) is 1. The predicted molar refractivity (Wildman–Crippen MR) is 74.7 cm³/mol. The van der Waals surface area contributed by atoms with Gasteiger partial charge in [-0.3, -0.25) is 0 Å². The Morgan fingerprint density at radius 1 is 1.45 bits per heavy atom. The lowest BCUT2D eigenvalue weighted by Gasteiger charge is -2.32. The van der Waals surface area contributed by atoms with Gasteiger partial charge in [0.2, 0.25) is 0 Å². The molecule has 2 saturated carbocycles. The zero-order valence-electron chi connectivity index (χ0n) is 11.4. The monoisotopic (exact) mass is 276 g/mol. The molecule has 0 amide bonds.